The molecule has 1 unspecified atom stereocenters. The molecule has 1 aliphatic carbocycles. The van der Waals surface area contributed by atoms with E-state index in [1.54, 1.807) is 20.8 Å². The number of hydrogen-bond acceptors (Lipinski definition) is 8. The highest BCUT2D eigenvalue weighted by atomic mass is 32.2. The molecule has 192 valence electrons. The first-order valence-corrected chi connectivity index (χ1v) is 13.1. The molecule has 1 aromatic carbocycles. The Labute approximate surface area is 221 Å². The van der Waals surface area contributed by atoms with Crippen LogP contribution in [0.25, 0.3) is 0 Å². The number of nitriles is 2. The third-order valence-electron chi connectivity index (χ3n) is 6.19. The monoisotopic (exact) mass is 518 g/mol. The second-order valence-corrected chi connectivity index (χ2v) is 11.4. The van der Waals surface area contributed by atoms with E-state index in [1.165, 1.54) is 0 Å². The summed E-state index contributed by atoms with van der Waals surface area (Å²) in [6.07, 6.45) is 1.94. The summed E-state index contributed by atoms with van der Waals surface area (Å²) in [7, 11) is 0. The van der Waals surface area contributed by atoms with Crippen molar-refractivity contribution in [2.75, 3.05) is 18.0 Å². The van der Waals surface area contributed by atoms with Crippen LogP contribution in [0.5, 0.6) is 0 Å². The second-order valence-electron chi connectivity index (χ2n) is 10.3. The number of carbonyl (C=O) groups excluding carboxylic acids is 2. The van der Waals surface area contributed by atoms with Gasteiger partial charge in [0.15, 0.2) is 0 Å². The maximum absolute atomic E-state index is 12.4. The summed E-state index contributed by atoms with van der Waals surface area (Å²) in [5.41, 5.74) is 7.28. The van der Waals surface area contributed by atoms with Gasteiger partial charge in [0, 0.05) is 13.1 Å². The molecule has 2 atom stereocenters. The molecule has 4 rings (SSSR count). The molecule has 0 radical (unpaired) electrons. The number of rotatable bonds is 7. The number of anilines is 1. The number of thioether (sulfide) groups is 1. The van der Waals surface area contributed by atoms with Crippen LogP contribution in [0.2, 0.25) is 0 Å². The molecule has 2 aromatic rings. The van der Waals surface area contributed by atoms with Crippen LogP contribution in [0.15, 0.2) is 35.4 Å². The number of ether oxygens (including phenoxy) is 1. The number of nitrogens with zero attached hydrogens (tertiary/aromatic N) is 4. The van der Waals surface area contributed by atoms with Gasteiger partial charge in [-0.05, 0) is 57.1 Å². The van der Waals surface area contributed by atoms with E-state index in [9.17, 15) is 20.1 Å². The maximum Gasteiger partial charge on any atom is 0.407 e. The van der Waals surface area contributed by atoms with Crippen LogP contribution in [0.3, 0.4) is 0 Å². The fraction of sp³-hybridized carbons (Fsp3) is 0.444. The van der Waals surface area contributed by atoms with Gasteiger partial charge in [0.25, 0.3) is 0 Å². The molecule has 1 saturated heterocycles. The fourth-order valence-electron chi connectivity index (χ4n) is 4.46. The summed E-state index contributed by atoms with van der Waals surface area (Å²) in [4.78, 5) is 31.4. The molecule has 0 bridgehead atoms. The van der Waals surface area contributed by atoms with Crippen molar-refractivity contribution in [3.05, 3.63) is 52.6 Å². The lowest BCUT2D eigenvalue weighted by Gasteiger charge is -2.24. The van der Waals surface area contributed by atoms with E-state index < -0.39 is 22.9 Å². The molecule has 37 heavy (non-hydrogen) atoms. The van der Waals surface area contributed by atoms with Crippen molar-refractivity contribution in [1.29, 1.82) is 10.5 Å². The largest absolute Gasteiger partial charge is 0.444 e. The van der Waals surface area contributed by atoms with Crippen molar-refractivity contribution in [2.24, 2.45) is 5.73 Å². The second kappa shape index (κ2) is 10.7. The number of carbonyl (C=O) groups is 2. The lowest BCUT2D eigenvalue weighted by molar-refractivity contribution is -0.117. The van der Waals surface area contributed by atoms with Crippen LogP contribution in [0.4, 0.5) is 10.6 Å². The Morgan fingerprint density at radius 1 is 1.16 bits per heavy atom. The van der Waals surface area contributed by atoms with Crippen LogP contribution in [0.1, 0.15) is 73.5 Å². The first-order valence-electron chi connectivity index (χ1n) is 12.2. The zero-order valence-electron chi connectivity index (χ0n) is 21.2. The molecule has 10 heteroatoms. The molecule has 2 fully saturated rings. The van der Waals surface area contributed by atoms with Gasteiger partial charge in [-0.2, -0.15) is 10.5 Å². The van der Waals surface area contributed by atoms with Crippen molar-refractivity contribution in [1.82, 2.24) is 10.3 Å². The zero-order valence-corrected chi connectivity index (χ0v) is 22.0. The van der Waals surface area contributed by atoms with Crippen molar-refractivity contribution in [2.45, 2.75) is 67.9 Å². The first kappa shape index (κ1) is 26.3. The zero-order chi connectivity index (χ0) is 26.7. The SMILES string of the molecule is CC(C)(C)OC(=O)N[C@H]1CCN(c2nc(SC(C(N)=O)c3ccccc3)c(C#N)c(C3CC3)c2C#N)C1. The third-order valence-corrected chi connectivity index (χ3v) is 7.45. The molecule has 1 aromatic heterocycles. The smallest absolute Gasteiger partial charge is 0.407 e. The number of aromatic nitrogens is 1. The van der Waals surface area contributed by atoms with E-state index in [1.807, 2.05) is 35.2 Å². The molecular formula is C27H30N6O3S. The standard InChI is InChI=1S/C27H30N6O3S/c1-27(2,3)36-26(35)31-18-11-12-33(15-18)24-19(13-28)21(16-9-10-16)20(14-29)25(32-24)37-22(23(30)34)17-7-5-4-6-8-17/h4-8,16,18,22H,9-12,15H2,1-3H3,(H2,30,34)(H,31,35)/t18-,22?/m0/s1. The van der Waals surface area contributed by atoms with Gasteiger partial charge in [0.2, 0.25) is 5.91 Å². The molecule has 1 saturated carbocycles. The van der Waals surface area contributed by atoms with Crippen LogP contribution < -0.4 is 16.0 Å². The minimum Gasteiger partial charge on any atom is -0.444 e. The quantitative estimate of drug-likeness (QED) is 0.521. The van der Waals surface area contributed by atoms with Crippen molar-refractivity contribution in [3.8, 4) is 12.1 Å². The Kier molecular flexibility index (Phi) is 7.60. The third kappa shape index (κ3) is 6.15. The molecule has 0 spiro atoms. The minimum atomic E-state index is -0.742. The number of nitrogens with one attached hydrogen (secondary N) is 1. The minimum absolute atomic E-state index is 0.104. The average molecular weight is 519 g/mol. The van der Waals surface area contributed by atoms with Gasteiger partial charge in [-0.25, -0.2) is 9.78 Å². The fourth-order valence-corrected chi connectivity index (χ4v) is 5.50. The van der Waals surface area contributed by atoms with Crippen molar-refractivity contribution < 1.29 is 14.3 Å². The predicted molar refractivity (Wildman–Crippen MR) is 140 cm³/mol. The van der Waals surface area contributed by atoms with Gasteiger partial charge in [-0.3, -0.25) is 4.79 Å². The first-order chi connectivity index (χ1) is 17.6. The lowest BCUT2D eigenvalue weighted by Crippen LogP contribution is -2.40. The summed E-state index contributed by atoms with van der Waals surface area (Å²) in [6.45, 7) is 6.43. The molecule has 2 heterocycles. The van der Waals surface area contributed by atoms with E-state index in [2.05, 4.69) is 17.5 Å². The number of nitrogens with two attached hydrogens (primary N) is 1. The predicted octanol–water partition coefficient (Wildman–Crippen LogP) is 4.12. The number of benzene rings is 1. The van der Waals surface area contributed by atoms with Crippen LogP contribution in [0, 0.1) is 22.7 Å². The van der Waals surface area contributed by atoms with Crippen molar-refractivity contribution in [3.63, 3.8) is 0 Å². The molecule has 2 aliphatic rings. The number of amides is 2. The Balaban J connectivity index is 1.69. The lowest BCUT2D eigenvalue weighted by atomic mass is 10.00. The Morgan fingerprint density at radius 2 is 1.84 bits per heavy atom. The highest BCUT2D eigenvalue weighted by Crippen LogP contribution is 2.48. The van der Waals surface area contributed by atoms with Gasteiger partial charge < -0.3 is 20.7 Å². The topological polar surface area (TPSA) is 145 Å². The summed E-state index contributed by atoms with van der Waals surface area (Å²) in [5, 5.41) is 22.8. The van der Waals surface area contributed by atoms with Crippen LogP contribution in [-0.4, -0.2) is 41.7 Å². The maximum atomic E-state index is 12.4. The summed E-state index contributed by atoms with van der Waals surface area (Å²) >= 11 is 1.14. The molecule has 3 N–H and O–H groups in total. The Morgan fingerprint density at radius 3 is 2.41 bits per heavy atom. The average Bonchev–Trinajstić information content (AvgIpc) is 3.58. The Bertz CT molecular complexity index is 1270. The summed E-state index contributed by atoms with van der Waals surface area (Å²) in [6, 6.07) is 13.5. The number of primary amides is 1. The van der Waals surface area contributed by atoms with Gasteiger partial charge in [0.1, 0.15) is 33.8 Å². The van der Waals surface area contributed by atoms with Crippen LogP contribution >= 0.6 is 11.8 Å². The Hall–Kier alpha value is -3.76. The summed E-state index contributed by atoms with van der Waals surface area (Å²) < 4.78 is 5.38. The van der Waals surface area contributed by atoms with Gasteiger partial charge in [0.05, 0.1) is 17.2 Å². The normalized spacial score (nSPS) is 18.0. The number of alkyl carbamates (subject to hydrolysis) is 1. The number of pyridine rings is 1. The van der Waals surface area contributed by atoms with Gasteiger partial charge >= 0.3 is 6.09 Å². The van der Waals surface area contributed by atoms with Crippen molar-refractivity contribution >= 4 is 29.6 Å². The van der Waals surface area contributed by atoms with Gasteiger partial charge in [-0.15, -0.1) is 0 Å². The molecular weight excluding hydrogens is 488 g/mol. The van der Waals surface area contributed by atoms with Crippen LogP contribution in [-0.2, 0) is 9.53 Å². The highest BCUT2D eigenvalue weighted by Gasteiger charge is 2.37. The van der Waals surface area contributed by atoms with E-state index in [0.717, 1.165) is 24.6 Å². The van der Waals surface area contributed by atoms with Gasteiger partial charge in [-0.1, -0.05) is 42.1 Å². The molecule has 1 aliphatic heterocycles. The number of hydrogen-bond donors (Lipinski definition) is 2. The van der Waals surface area contributed by atoms with E-state index in [4.69, 9.17) is 15.5 Å². The highest BCUT2D eigenvalue weighted by molar-refractivity contribution is 8.00. The van der Waals surface area contributed by atoms with E-state index in [-0.39, 0.29) is 12.0 Å². The summed E-state index contributed by atoms with van der Waals surface area (Å²) in [5.74, 6) is 0.0340. The molecule has 2 amide bonds. The van der Waals surface area contributed by atoms with E-state index in [0.29, 0.717) is 52.6 Å². The molecule has 9 nitrogen and oxygen atoms in total. The van der Waals surface area contributed by atoms with E-state index >= 15 is 0 Å².